The number of sulfonamides is 1. The van der Waals surface area contributed by atoms with Crippen LogP contribution < -0.4 is 14.8 Å². The Bertz CT molecular complexity index is 625. The van der Waals surface area contributed by atoms with Gasteiger partial charge < -0.3 is 14.8 Å². The van der Waals surface area contributed by atoms with Gasteiger partial charge in [0, 0.05) is 31.8 Å². The zero-order valence-corrected chi connectivity index (χ0v) is 16.7. The van der Waals surface area contributed by atoms with E-state index in [2.05, 4.69) is 10.0 Å². The lowest BCUT2D eigenvalue weighted by Gasteiger charge is -2.25. The average Bonchev–Trinajstić information content (AvgIpc) is 2.50. The van der Waals surface area contributed by atoms with Crippen molar-refractivity contribution >= 4 is 34.0 Å². The fourth-order valence-electron chi connectivity index (χ4n) is 2.33. The molecule has 0 atom stereocenters. The van der Waals surface area contributed by atoms with Crippen molar-refractivity contribution in [2.24, 2.45) is 5.92 Å². The van der Waals surface area contributed by atoms with Gasteiger partial charge in [0.2, 0.25) is 10.0 Å². The van der Waals surface area contributed by atoms with Crippen LogP contribution in [0.25, 0.3) is 0 Å². The van der Waals surface area contributed by atoms with Gasteiger partial charge in [0.1, 0.15) is 10.6 Å². The number of ether oxygens (including phenoxy) is 2. The van der Waals surface area contributed by atoms with Crippen molar-refractivity contribution in [2.45, 2.75) is 24.2 Å². The Balaban J connectivity index is 0.00000312. The molecule has 2 N–H and O–H groups in total. The van der Waals surface area contributed by atoms with Gasteiger partial charge in [-0.3, -0.25) is 0 Å². The van der Waals surface area contributed by atoms with Crippen LogP contribution in [0, 0.1) is 5.92 Å². The Morgan fingerprint density at radius 2 is 2.00 bits per heavy atom. The second kappa shape index (κ2) is 11.2. The summed E-state index contributed by atoms with van der Waals surface area (Å²) in [4.78, 5) is 0.0891. The van der Waals surface area contributed by atoms with Gasteiger partial charge in [-0.25, -0.2) is 13.1 Å². The highest BCUT2D eigenvalue weighted by Crippen LogP contribution is 2.31. The highest BCUT2D eigenvalue weighted by Gasteiger charge is 2.22. The summed E-state index contributed by atoms with van der Waals surface area (Å²) in [5, 5.41) is 3.45. The Kier molecular flexibility index (Phi) is 10.1. The van der Waals surface area contributed by atoms with E-state index in [1.54, 1.807) is 19.2 Å². The summed E-state index contributed by atoms with van der Waals surface area (Å²) in [7, 11) is -2.05. The molecule has 1 saturated carbocycles. The first-order chi connectivity index (χ1) is 11.5. The smallest absolute Gasteiger partial charge is 0.244 e. The fourth-order valence-corrected chi connectivity index (χ4v) is 3.77. The molecule has 0 bridgehead atoms. The van der Waals surface area contributed by atoms with Gasteiger partial charge in [0.25, 0.3) is 0 Å². The highest BCUT2D eigenvalue weighted by atomic mass is 35.5. The molecule has 2 rings (SSSR count). The van der Waals surface area contributed by atoms with Crippen LogP contribution in [-0.2, 0) is 14.8 Å². The lowest BCUT2D eigenvalue weighted by atomic mass is 9.86. The van der Waals surface area contributed by atoms with Gasteiger partial charge in [0.05, 0.1) is 13.2 Å². The summed E-state index contributed by atoms with van der Waals surface area (Å²) < 4.78 is 38.3. The Labute approximate surface area is 161 Å². The summed E-state index contributed by atoms with van der Waals surface area (Å²) in [6.45, 7) is 2.59. The standard InChI is InChI=1S/C16H25ClN2O4S.ClH/c1-22-10-9-18-7-8-19-24(20,21)16-11-14(17)5-6-15(16)23-12-13-3-2-4-13;/h5-6,11,13,18-19H,2-4,7-10,12H2,1H3;1H. The minimum atomic E-state index is -3.67. The first-order valence-electron chi connectivity index (χ1n) is 8.14. The van der Waals surface area contributed by atoms with Crippen molar-refractivity contribution < 1.29 is 17.9 Å². The van der Waals surface area contributed by atoms with Crippen LogP contribution in [0.4, 0.5) is 0 Å². The van der Waals surface area contributed by atoms with Gasteiger partial charge in [-0.1, -0.05) is 18.0 Å². The maximum Gasteiger partial charge on any atom is 0.244 e. The van der Waals surface area contributed by atoms with Crippen molar-refractivity contribution in [1.29, 1.82) is 0 Å². The van der Waals surface area contributed by atoms with E-state index < -0.39 is 10.0 Å². The predicted molar refractivity (Wildman–Crippen MR) is 101 cm³/mol. The van der Waals surface area contributed by atoms with Gasteiger partial charge in [-0.15, -0.1) is 12.4 Å². The van der Waals surface area contributed by atoms with E-state index in [0.29, 0.717) is 43.0 Å². The SMILES string of the molecule is COCCNCCNS(=O)(=O)c1cc(Cl)ccc1OCC1CCC1.Cl. The number of rotatable bonds is 11. The summed E-state index contributed by atoms with van der Waals surface area (Å²) in [6.07, 6.45) is 3.50. The average molecular weight is 413 g/mol. The van der Waals surface area contributed by atoms with Crippen molar-refractivity contribution in [3.8, 4) is 5.75 Å². The number of hydrogen-bond acceptors (Lipinski definition) is 5. The maximum absolute atomic E-state index is 12.5. The minimum absolute atomic E-state index is 0. The zero-order valence-electron chi connectivity index (χ0n) is 14.3. The topological polar surface area (TPSA) is 76.7 Å². The summed E-state index contributed by atoms with van der Waals surface area (Å²) >= 11 is 5.97. The number of benzene rings is 1. The van der Waals surface area contributed by atoms with Crippen LogP contribution >= 0.6 is 24.0 Å². The number of halogens is 2. The lowest BCUT2D eigenvalue weighted by Crippen LogP contribution is -2.33. The molecule has 1 aromatic rings. The normalized spacial score (nSPS) is 14.6. The van der Waals surface area contributed by atoms with Gasteiger partial charge >= 0.3 is 0 Å². The van der Waals surface area contributed by atoms with Gasteiger partial charge in [-0.2, -0.15) is 0 Å². The molecule has 0 amide bonds. The molecule has 0 heterocycles. The van der Waals surface area contributed by atoms with Crippen LogP contribution in [0.5, 0.6) is 5.75 Å². The molecule has 1 aliphatic carbocycles. The highest BCUT2D eigenvalue weighted by molar-refractivity contribution is 7.89. The number of nitrogens with one attached hydrogen (secondary N) is 2. The third kappa shape index (κ3) is 7.29. The first kappa shape index (κ1) is 22.5. The maximum atomic E-state index is 12.5. The van der Waals surface area contributed by atoms with Crippen LogP contribution in [-0.4, -0.2) is 48.4 Å². The Morgan fingerprint density at radius 1 is 1.24 bits per heavy atom. The molecule has 0 radical (unpaired) electrons. The fraction of sp³-hybridized carbons (Fsp3) is 0.625. The second-order valence-corrected chi connectivity index (χ2v) is 8.01. The van der Waals surface area contributed by atoms with Crippen molar-refractivity contribution in [3.63, 3.8) is 0 Å². The van der Waals surface area contributed by atoms with Crippen molar-refractivity contribution in [2.75, 3.05) is 40.0 Å². The molecule has 0 aromatic heterocycles. The largest absolute Gasteiger partial charge is 0.492 e. The van der Waals surface area contributed by atoms with Gasteiger partial charge in [-0.05, 0) is 37.0 Å². The summed E-state index contributed by atoms with van der Waals surface area (Å²) in [5.41, 5.74) is 0. The van der Waals surface area contributed by atoms with E-state index in [-0.39, 0.29) is 23.8 Å². The Morgan fingerprint density at radius 3 is 2.64 bits per heavy atom. The van der Waals surface area contributed by atoms with E-state index in [4.69, 9.17) is 21.1 Å². The van der Waals surface area contributed by atoms with E-state index in [1.165, 1.54) is 12.5 Å². The predicted octanol–water partition coefficient (Wildman–Crippen LogP) is 2.46. The molecule has 1 fully saturated rings. The van der Waals surface area contributed by atoms with E-state index in [0.717, 1.165) is 12.8 Å². The molecule has 0 aliphatic heterocycles. The lowest BCUT2D eigenvalue weighted by molar-refractivity contribution is 0.177. The molecule has 9 heteroatoms. The van der Waals surface area contributed by atoms with Crippen molar-refractivity contribution in [1.82, 2.24) is 10.0 Å². The molecular weight excluding hydrogens is 387 g/mol. The molecule has 144 valence electrons. The van der Waals surface area contributed by atoms with Crippen LogP contribution in [0.1, 0.15) is 19.3 Å². The molecular formula is C16H26Cl2N2O4S. The van der Waals surface area contributed by atoms with Gasteiger partial charge in [0.15, 0.2) is 0 Å². The molecule has 1 aromatic carbocycles. The van der Waals surface area contributed by atoms with E-state index >= 15 is 0 Å². The minimum Gasteiger partial charge on any atom is -0.492 e. The molecule has 1 aliphatic rings. The summed E-state index contributed by atoms with van der Waals surface area (Å²) in [6, 6.07) is 4.69. The monoisotopic (exact) mass is 412 g/mol. The second-order valence-electron chi connectivity index (χ2n) is 5.84. The molecule has 0 unspecified atom stereocenters. The van der Waals surface area contributed by atoms with Crippen LogP contribution in [0.15, 0.2) is 23.1 Å². The number of methoxy groups -OCH3 is 1. The van der Waals surface area contributed by atoms with Crippen LogP contribution in [0.3, 0.4) is 0 Å². The molecule has 0 saturated heterocycles. The third-order valence-electron chi connectivity index (χ3n) is 3.97. The van der Waals surface area contributed by atoms with E-state index in [9.17, 15) is 8.42 Å². The quantitative estimate of drug-likeness (QED) is 0.545. The zero-order chi connectivity index (χ0) is 17.4. The van der Waals surface area contributed by atoms with Crippen LogP contribution in [0.2, 0.25) is 5.02 Å². The molecule has 25 heavy (non-hydrogen) atoms. The Hall–Kier alpha value is -0.570. The van der Waals surface area contributed by atoms with E-state index in [1.807, 2.05) is 0 Å². The molecule has 6 nitrogen and oxygen atoms in total. The van der Waals surface area contributed by atoms with Crippen molar-refractivity contribution in [3.05, 3.63) is 23.2 Å². The third-order valence-corrected chi connectivity index (χ3v) is 5.69. The first-order valence-corrected chi connectivity index (χ1v) is 10.0. The number of hydrogen-bond donors (Lipinski definition) is 2. The molecule has 0 spiro atoms. The summed E-state index contributed by atoms with van der Waals surface area (Å²) in [5.74, 6) is 0.875.